The lowest BCUT2D eigenvalue weighted by atomic mass is 9.67. The Morgan fingerprint density at radius 1 is 0.312 bits per heavy atom. The summed E-state index contributed by atoms with van der Waals surface area (Å²) in [6, 6.07) is 104. The first-order chi connectivity index (χ1) is 39.6. The normalized spacial score (nSPS) is 14.5. The minimum Gasteiger partial charge on any atom is -0.344 e. The van der Waals surface area contributed by atoms with Crippen LogP contribution in [0.15, 0.2) is 295 Å². The highest BCUT2D eigenvalue weighted by Crippen LogP contribution is 2.56. The molecule has 0 radical (unpaired) electrons. The number of nitrogens with one attached hydrogen (secondary N) is 1. The van der Waals surface area contributed by atoms with Crippen molar-refractivity contribution in [3.8, 4) is 44.5 Å². The quantitative estimate of drug-likeness (QED) is 0.151. The van der Waals surface area contributed by atoms with Crippen molar-refractivity contribution < 1.29 is 0 Å². The van der Waals surface area contributed by atoms with E-state index in [1.54, 1.807) is 0 Å². The Balaban J connectivity index is 0.746. The van der Waals surface area contributed by atoms with Crippen LogP contribution in [0.3, 0.4) is 0 Å². The van der Waals surface area contributed by atoms with E-state index in [-0.39, 0.29) is 6.17 Å². The smallest absolute Gasteiger partial charge is 0.159 e. The maximum absolute atomic E-state index is 5.43. The Morgan fingerprint density at radius 2 is 0.800 bits per heavy atom. The van der Waals surface area contributed by atoms with Crippen molar-refractivity contribution in [2.75, 3.05) is 0 Å². The summed E-state index contributed by atoms with van der Waals surface area (Å²) in [4.78, 5) is 10.8. The highest BCUT2D eigenvalue weighted by molar-refractivity contribution is 7.25. The van der Waals surface area contributed by atoms with Gasteiger partial charge in [0, 0.05) is 31.3 Å². The summed E-state index contributed by atoms with van der Waals surface area (Å²) in [5.74, 6) is 1.50. The van der Waals surface area contributed by atoms with Crippen LogP contribution in [0.25, 0.3) is 97.0 Å². The molecule has 1 aromatic heterocycles. The predicted octanol–water partition coefficient (Wildman–Crippen LogP) is 19.4. The van der Waals surface area contributed by atoms with Gasteiger partial charge in [0.05, 0.1) is 5.41 Å². The van der Waals surface area contributed by atoms with Gasteiger partial charge in [-0.3, -0.25) is 0 Å². The van der Waals surface area contributed by atoms with Gasteiger partial charge < -0.3 is 5.32 Å². The van der Waals surface area contributed by atoms with Crippen molar-refractivity contribution in [1.82, 2.24) is 5.32 Å². The Morgan fingerprint density at radius 3 is 1.45 bits per heavy atom. The molecule has 80 heavy (non-hydrogen) atoms. The SMILES string of the molecule is c1ccc(C2N=C(c3ccc4c(c3)C(c3ccccc3)(c3ccccc3)c3ccccc3-4)N=C(c3ccc4c(c3)sc3ccc(-c5cccc(-c6cccc(-c7ccc8c9ccccc9c9ccccc9c8c7)c6)c5)cc34)N2)cc1. The zero-order chi connectivity index (χ0) is 52.7. The van der Waals surface area contributed by atoms with Gasteiger partial charge in [-0.1, -0.05) is 243 Å². The van der Waals surface area contributed by atoms with Gasteiger partial charge in [0.15, 0.2) is 5.84 Å². The number of aliphatic imine (C=N–C) groups is 2. The van der Waals surface area contributed by atoms with Gasteiger partial charge in [-0.2, -0.15) is 0 Å². The van der Waals surface area contributed by atoms with E-state index in [1.807, 2.05) is 11.3 Å². The van der Waals surface area contributed by atoms with Crippen LogP contribution in [0.2, 0.25) is 0 Å². The molecule has 0 saturated carbocycles. The molecule has 0 saturated heterocycles. The summed E-state index contributed by atoms with van der Waals surface area (Å²) in [5, 5.41) is 14.0. The lowest BCUT2D eigenvalue weighted by molar-refractivity contribution is 0.674. The summed E-state index contributed by atoms with van der Waals surface area (Å²) < 4.78 is 2.47. The Labute approximate surface area is 468 Å². The third-order valence-corrected chi connectivity index (χ3v) is 17.9. The van der Waals surface area contributed by atoms with Crippen molar-refractivity contribution in [3.05, 3.63) is 324 Å². The molecule has 16 rings (SSSR count). The fourth-order valence-corrected chi connectivity index (χ4v) is 14.2. The number of benzene rings is 13. The van der Waals surface area contributed by atoms with Crippen molar-refractivity contribution in [2.45, 2.75) is 11.6 Å². The second-order valence-electron chi connectivity index (χ2n) is 21.2. The van der Waals surface area contributed by atoms with Crippen LogP contribution in [0, 0.1) is 0 Å². The fourth-order valence-electron chi connectivity index (χ4n) is 13.1. The molecule has 1 atom stereocenters. The van der Waals surface area contributed by atoms with E-state index < -0.39 is 5.41 Å². The maximum Gasteiger partial charge on any atom is 0.159 e. The average Bonchev–Trinajstić information content (AvgIpc) is 4.28. The van der Waals surface area contributed by atoms with Crippen LogP contribution in [0.4, 0.5) is 0 Å². The first kappa shape index (κ1) is 46.1. The molecule has 374 valence electrons. The molecule has 2 heterocycles. The first-order valence-corrected chi connectivity index (χ1v) is 28.3. The molecule has 1 aliphatic carbocycles. The minimum atomic E-state index is -0.531. The van der Waals surface area contributed by atoms with Gasteiger partial charge in [0.25, 0.3) is 0 Å². The van der Waals surface area contributed by atoms with Crippen LogP contribution in [0.1, 0.15) is 45.1 Å². The summed E-state index contributed by atoms with van der Waals surface area (Å²) in [6.07, 6.45) is -0.336. The number of hydrogen-bond acceptors (Lipinski definition) is 4. The molecule has 4 heteroatoms. The molecule has 0 bridgehead atoms. The highest BCUT2D eigenvalue weighted by Gasteiger charge is 2.46. The van der Waals surface area contributed by atoms with Gasteiger partial charge in [-0.15, -0.1) is 11.3 Å². The molecule has 3 nitrogen and oxygen atoms in total. The second-order valence-corrected chi connectivity index (χ2v) is 22.3. The number of nitrogens with zero attached hydrogens (tertiary/aromatic N) is 2. The zero-order valence-corrected chi connectivity index (χ0v) is 44.3. The van der Waals surface area contributed by atoms with Crippen LogP contribution < -0.4 is 5.32 Å². The van der Waals surface area contributed by atoms with Gasteiger partial charge >= 0.3 is 0 Å². The molecule has 1 aliphatic heterocycles. The fraction of sp³-hybridized carbons (Fsp3) is 0.0263. The Bertz CT molecular complexity index is 4790. The van der Waals surface area contributed by atoms with Crippen molar-refractivity contribution >= 4 is 75.5 Å². The molecule has 2 aliphatic rings. The van der Waals surface area contributed by atoms with Crippen molar-refractivity contribution in [2.24, 2.45) is 9.98 Å². The monoisotopic (exact) mass is 1040 g/mol. The van der Waals surface area contributed by atoms with Gasteiger partial charge in [-0.05, 0) is 147 Å². The summed E-state index contributed by atoms with van der Waals surface area (Å²) in [7, 11) is 0. The third-order valence-electron chi connectivity index (χ3n) is 16.8. The van der Waals surface area contributed by atoms with Gasteiger partial charge in [-0.25, -0.2) is 9.98 Å². The molecule has 0 fully saturated rings. The largest absolute Gasteiger partial charge is 0.344 e. The Hall–Kier alpha value is -10.0. The van der Waals surface area contributed by atoms with Gasteiger partial charge in [0.1, 0.15) is 12.0 Å². The molecule has 0 amide bonds. The molecule has 1 N–H and O–H groups in total. The molecular formula is C76H49N3S. The van der Waals surface area contributed by atoms with Crippen molar-refractivity contribution in [1.29, 1.82) is 0 Å². The molecule has 14 aromatic rings. The third kappa shape index (κ3) is 7.41. The van der Waals surface area contributed by atoms with Crippen LogP contribution in [-0.4, -0.2) is 11.7 Å². The van der Waals surface area contributed by atoms with E-state index >= 15 is 0 Å². The van der Waals surface area contributed by atoms with E-state index in [2.05, 4.69) is 290 Å². The van der Waals surface area contributed by atoms with Crippen LogP contribution in [0.5, 0.6) is 0 Å². The number of fused-ring (bicyclic) bond motifs is 12. The summed E-state index contributed by atoms with van der Waals surface area (Å²) in [5.41, 5.74) is 17.2. The number of amidine groups is 2. The standard InChI is InChI=1S/C76H49N3S/c1-4-18-48(19-5-1)73-77-74(55-35-39-65-64-32-14-15-33-69(64)76(70(65)46-55,57-24-6-2-7-25-57)58-26-8-3-9-27-58)79-75(78-73)56-36-40-66-68-45-54(37-41-71(68)80-72(66)47-56)52-23-17-21-50(43-52)49-20-16-22-51(42-49)53-34-38-63-61-30-11-10-28-59(61)60-29-12-13-31-62(60)67(63)44-53/h1-47,73H,(H,77,78,79). The van der Waals surface area contributed by atoms with Crippen LogP contribution >= 0.6 is 11.3 Å². The van der Waals surface area contributed by atoms with E-state index in [0.29, 0.717) is 5.84 Å². The number of hydrogen-bond donors (Lipinski definition) is 1. The minimum absolute atomic E-state index is 0.336. The number of rotatable bonds is 8. The average molecular weight is 1040 g/mol. The highest BCUT2D eigenvalue weighted by atomic mass is 32.1. The first-order valence-electron chi connectivity index (χ1n) is 27.5. The maximum atomic E-state index is 5.43. The molecule has 0 spiro atoms. The molecule has 1 unspecified atom stereocenters. The van der Waals surface area contributed by atoms with E-state index in [1.165, 1.54) is 119 Å². The lowest BCUT2D eigenvalue weighted by Gasteiger charge is -2.34. The lowest BCUT2D eigenvalue weighted by Crippen LogP contribution is -2.33. The second kappa shape index (κ2) is 18.6. The van der Waals surface area contributed by atoms with E-state index in [0.717, 1.165) is 22.5 Å². The Kier molecular flexibility index (Phi) is 10.7. The molecular weight excluding hydrogens is 987 g/mol. The zero-order valence-electron chi connectivity index (χ0n) is 43.5. The van der Waals surface area contributed by atoms with E-state index in [4.69, 9.17) is 9.98 Å². The summed E-state index contributed by atoms with van der Waals surface area (Å²) >= 11 is 1.83. The topological polar surface area (TPSA) is 36.8 Å². The number of thiophene rings is 1. The molecule has 13 aromatic carbocycles. The van der Waals surface area contributed by atoms with Crippen molar-refractivity contribution in [3.63, 3.8) is 0 Å². The predicted molar refractivity (Wildman–Crippen MR) is 337 cm³/mol. The summed E-state index contributed by atoms with van der Waals surface area (Å²) in [6.45, 7) is 0. The van der Waals surface area contributed by atoms with E-state index in [9.17, 15) is 0 Å². The van der Waals surface area contributed by atoms with Crippen LogP contribution in [-0.2, 0) is 5.41 Å². The van der Waals surface area contributed by atoms with Gasteiger partial charge in [0.2, 0.25) is 0 Å².